The molecule has 0 radical (unpaired) electrons. The molecule has 0 unspecified atom stereocenters. The molecular formula is C18H18INO3. The van der Waals surface area contributed by atoms with Crippen LogP contribution in [0.2, 0.25) is 0 Å². The third-order valence-corrected chi connectivity index (χ3v) is 4.33. The molecule has 0 spiro atoms. The topological polar surface area (TPSA) is 46.6 Å². The van der Waals surface area contributed by atoms with E-state index in [0.29, 0.717) is 12.1 Å². The number of benzene rings is 2. The summed E-state index contributed by atoms with van der Waals surface area (Å²) in [6.07, 6.45) is 0. The second-order valence-electron chi connectivity index (χ2n) is 5.29. The first-order valence-electron chi connectivity index (χ1n) is 7.18. The van der Waals surface area contributed by atoms with Crippen molar-refractivity contribution < 1.29 is 14.3 Å². The van der Waals surface area contributed by atoms with E-state index in [2.05, 4.69) is 22.6 Å². The van der Waals surface area contributed by atoms with Crippen molar-refractivity contribution >= 4 is 34.5 Å². The number of halogens is 1. The second-order valence-corrected chi connectivity index (χ2v) is 6.45. The van der Waals surface area contributed by atoms with Crippen molar-refractivity contribution in [3.05, 3.63) is 68.8 Å². The highest BCUT2D eigenvalue weighted by molar-refractivity contribution is 14.1. The van der Waals surface area contributed by atoms with E-state index in [1.807, 2.05) is 43.3 Å². The molecule has 0 saturated heterocycles. The van der Waals surface area contributed by atoms with Crippen LogP contribution in [0.4, 0.5) is 0 Å². The number of esters is 1. The van der Waals surface area contributed by atoms with Crippen molar-refractivity contribution in [3.8, 4) is 0 Å². The summed E-state index contributed by atoms with van der Waals surface area (Å²) in [5.74, 6) is -0.711. The van der Waals surface area contributed by atoms with E-state index in [1.165, 1.54) is 5.56 Å². The maximum Gasteiger partial charge on any atom is 0.339 e. The second kappa shape index (κ2) is 8.10. The predicted molar refractivity (Wildman–Crippen MR) is 97.1 cm³/mol. The zero-order valence-corrected chi connectivity index (χ0v) is 15.2. The Labute approximate surface area is 149 Å². The van der Waals surface area contributed by atoms with Gasteiger partial charge in [0.05, 0.1) is 5.56 Å². The highest BCUT2D eigenvalue weighted by Gasteiger charge is 2.15. The van der Waals surface area contributed by atoms with Crippen LogP contribution in [0, 0.1) is 10.5 Å². The summed E-state index contributed by atoms with van der Waals surface area (Å²) in [6, 6.07) is 15.1. The Balaban J connectivity index is 1.87. The number of hydrogen-bond donors (Lipinski definition) is 0. The van der Waals surface area contributed by atoms with E-state index in [4.69, 9.17) is 4.74 Å². The minimum absolute atomic E-state index is 0.232. The highest BCUT2D eigenvalue weighted by atomic mass is 127. The molecule has 5 heteroatoms. The average Bonchev–Trinajstić information content (AvgIpc) is 2.54. The number of amides is 1. The maximum atomic E-state index is 12.1. The number of carbonyl (C=O) groups excluding carboxylic acids is 2. The van der Waals surface area contributed by atoms with Gasteiger partial charge in [-0.25, -0.2) is 4.79 Å². The summed E-state index contributed by atoms with van der Waals surface area (Å²) in [7, 11) is 1.70. The normalized spacial score (nSPS) is 10.2. The lowest BCUT2D eigenvalue weighted by Gasteiger charge is -2.17. The quantitative estimate of drug-likeness (QED) is 0.547. The van der Waals surface area contributed by atoms with Crippen molar-refractivity contribution in [1.29, 1.82) is 0 Å². The van der Waals surface area contributed by atoms with Crippen LogP contribution in [0.1, 0.15) is 21.5 Å². The molecule has 0 fully saturated rings. The first-order valence-corrected chi connectivity index (χ1v) is 8.26. The van der Waals surface area contributed by atoms with Crippen molar-refractivity contribution in [1.82, 2.24) is 4.90 Å². The standard InChI is InChI=1S/C18H18INO3/c1-13-7-9-14(10-8-13)11-20(2)17(21)12-23-18(22)15-5-3-4-6-16(15)19/h3-10H,11-12H2,1-2H3. The molecule has 0 heterocycles. The van der Waals surface area contributed by atoms with E-state index in [0.717, 1.165) is 9.13 Å². The summed E-state index contributed by atoms with van der Waals surface area (Å²) >= 11 is 2.07. The number of hydrogen-bond acceptors (Lipinski definition) is 3. The number of aryl methyl sites for hydroxylation is 1. The van der Waals surface area contributed by atoms with Crippen LogP contribution in [0.3, 0.4) is 0 Å². The molecule has 2 aromatic rings. The Hall–Kier alpha value is -1.89. The molecule has 0 aliphatic heterocycles. The van der Waals surface area contributed by atoms with Crippen LogP contribution in [-0.2, 0) is 16.1 Å². The Morgan fingerprint density at radius 1 is 1.09 bits per heavy atom. The van der Waals surface area contributed by atoms with E-state index in [9.17, 15) is 9.59 Å². The Morgan fingerprint density at radius 2 is 1.74 bits per heavy atom. The Kier molecular flexibility index (Phi) is 6.15. The van der Waals surface area contributed by atoms with Gasteiger partial charge in [-0.05, 0) is 47.2 Å². The molecule has 23 heavy (non-hydrogen) atoms. The fraction of sp³-hybridized carbons (Fsp3) is 0.222. The van der Waals surface area contributed by atoms with Gasteiger partial charge in [-0.2, -0.15) is 0 Å². The van der Waals surface area contributed by atoms with Crippen LogP contribution in [0.25, 0.3) is 0 Å². The molecule has 2 aromatic carbocycles. The van der Waals surface area contributed by atoms with Crippen LogP contribution >= 0.6 is 22.6 Å². The minimum Gasteiger partial charge on any atom is -0.452 e. The van der Waals surface area contributed by atoms with Crippen LogP contribution in [0.5, 0.6) is 0 Å². The first-order chi connectivity index (χ1) is 11.0. The van der Waals surface area contributed by atoms with Gasteiger partial charge < -0.3 is 9.64 Å². The summed E-state index contributed by atoms with van der Waals surface area (Å²) in [6.45, 7) is 2.24. The molecule has 2 rings (SSSR count). The van der Waals surface area contributed by atoms with Crippen LogP contribution in [-0.4, -0.2) is 30.4 Å². The van der Waals surface area contributed by atoms with Gasteiger partial charge in [-0.15, -0.1) is 0 Å². The molecular weight excluding hydrogens is 405 g/mol. The number of nitrogens with zero attached hydrogens (tertiary/aromatic N) is 1. The third-order valence-electron chi connectivity index (χ3n) is 3.39. The number of rotatable bonds is 5. The van der Waals surface area contributed by atoms with Gasteiger partial charge >= 0.3 is 5.97 Å². The van der Waals surface area contributed by atoms with E-state index >= 15 is 0 Å². The van der Waals surface area contributed by atoms with Crippen molar-refractivity contribution in [2.75, 3.05) is 13.7 Å². The average molecular weight is 423 g/mol. The fourth-order valence-electron chi connectivity index (χ4n) is 2.00. The predicted octanol–water partition coefficient (Wildman–Crippen LogP) is 3.42. The largest absolute Gasteiger partial charge is 0.452 e. The van der Waals surface area contributed by atoms with Gasteiger partial charge in [-0.3, -0.25) is 4.79 Å². The fourth-order valence-corrected chi connectivity index (χ4v) is 2.61. The van der Waals surface area contributed by atoms with Gasteiger partial charge in [0.2, 0.25) is 0 Å². The molecule has 0 aliphatic carbocycles. The molecule has 0 aliphatic rings. The monoisotopic (exact) mass is 423 g/mol. The highest BCUT2D eigenvalue weighted by Crippen LogP contribution is 2.13. The lowest BCUT2D eigenvalue weighted by Crippen LogP contribution is -2.30. The molecule has 0 saturated carbocycles. The molecule has 0 N–H and O–H groups in total. The molecule has 0 aromatic heterocycles. The van der Waals surface area contributed by atoms with Gasteiger partial charge in [-0.1, -0.05) is 42.0 Å². The molecule has 0 atom stereocenters. The van der Waals surface area contributed by atoms with Crippen molar-refractivity contribution in [2.45, 2.75) is 13.5 Å². The van der Waals surface area contributed by atoms with Crippen molar-refractivity contribution in [2.24, 2.45) is 0 Å². The molecule has 1 amide bonds. The third kappa shape index (κ3) is 5.06. The van der Waals surface area contributed by atoms with Gasteiger partial charge in [0.15, 0.2) is 6.61 Å². The number of ether oxygens (including phenoxy) is 1. The van der Waals surface area contributed by atoms with Gasteiger partial charge in [0.1, 0.15) is 0 Å². The first kappa shape index (κ1) is 17.5. The van der Waals surface area contributed by atoms with E-state index in [-0.39, 0.29) is 12.5 Å². The van der Waals surface area contributed by atoms with Gasteiger partial charge in [0.25, 0.3) is 5.91 Å². The Morgan fingerprint density at radius 3 is 2.39 bits per heavy atom. The zero-order valence-electron chi connectivity index (χ0n) is 13.1. The van der Waals surface area contributed by atoms with Gasteiger partial charge in [0, 0.05) is 17.2 Å². The van der Waals surface area contributed by atoms with E-state index < -0.39 is 5.97 Å². The summed E-state index contributed by atoms with van der Waals surface area (Å²) in [5, 5.41) is 0. The summed E-state index contributed by atoms with van der Waals surface area (Å²) < 4.78 is 5.92. The number of carbonyl (C=O) groups is 2. The molecule has 0 bridgehead atoms. The lowest BCUT2D eigenvalue weighted by molar-refractivity contribution is -0.133. The van der Waals surface area contributed by atoms with Crippen LogP contribution < -0.4 is 0 Å². The smallest absolute Gasteiger partial charge is 0.339 e. The Bertz CT molecular complexity index is 698. The maximum absolute atomic E-state index is 12.1. The SMILES string of the molecule is Cc1ccc(CN(C)C(=O)COC(=O)c2ccccc2I)cc1. The summed E-state index contributed by atoms with van der Waals surface area (Å²) in [4.78, 5) is 25.6. The molecule has 4 nitrogen and oxygen atoms in total. The molecule has 120 valence electrons. The lowest BCUT2D eigenvalue weighted by atomic mass is 10.1. The number of likely N-dealkylation sites (N-methyl/N-ethyl adjacent to an activating group) is 1. The zero-order chi connectivity index (χ0) is 16.8. The van der Waals surface area contributed by atoms with Crippen LogP contribution in [0.15, 0.2) is 48.5 Å². The summed E-state index contributed by atoms with van der Waals surface area (Å²) in [5.41, 5.74) is 2.69. The minimum atomic E-state index is -0.480. The van der Waals surface area contributed by atoms with E-state index in [1.54, 1.807) is 24.1 Å². The van der Waals surface area contributed by atoms with Crippen molar-refractivity contribution in [3.63, 3.8) is 0 Å².